The lowest BCUT2D eigenvalue weighted by Crippen LogP contribution is -2.27. The highest BCUT2D eigenvalue weighted by molar-refractivity contribution is 5.99. The number of anilines is 2. The fourth-order valence-corrected chi connectivity index (χ4v) is 1.81. The van der Waals surface area contributed by atoms with Gasteiger partial charge in [0, 0.05) is 13.6 Å². The maximum atomic E-state index is 11.6. The van der Waals surface area contributed by atoms with E-state index in [0.717, 1.165) is 5.69 Å². The van der Waals surface area contributed by atoms with E-state index < -0.39 is 0 Å². The number of fused-ring (bicyclic) bond motifs is 1. The molecule has 1 aromatic carbocycles. The highest BCUT2D eigenvalue weighted by Crippen LogP contribution is 2.36. The van der Waals surface area contributed by atoms with E-state index in [1.54, 1.807) is 12.1 Å². The fraction of sp³-hybridized carbons (Fsp3) is 0.364. The Morgan fingerprint density at radius 1 is 1.53 bits per heavy atom. The van der Waals surface area contributed by atoms with Gasteiger partial charge in [-0.15, -0.1) is 0 Å². The van der Waals surface area contributed by atoms with Crippen LogP contribution < -0.4 is 10.2 Å². The first kappa shape index (κ1) is 9.83. The molecule has 0 aromatic heterocycles. The van der Waals surface area contributed by atoms with Crippen LogP contribution in [0, 0.1) is 5.92 Å². The van der Waals surface area contributed by atoms with E-state index in [1.165, 1.54) is 0 Å². The SMILES string of the molecule is CC1CN(C)c2cccc(O)c2NC1=O. The second-order valence-corrected chi connectivity index (χ2v) is 3.94. The Morgan fingerprint density at radius 2 is 2.27 bits per heavy atom. The first-order valence-corrected chi connectivity index (χ1v) is 4.93. The first-order valence-electron chi connectivity index (χ1n) is 4.93. The Hall–Kier alpha value is -1.71. The summed E-state index contributed by atoms with van der Waals surface area (Å²) in [5.74, 6) is -0.0225. The van der Waals surface area contributed by atoms with Crippen molar-refractivity contribution in [3.63, 3.8) is 0 Å². The van der Waals surface area contributed by atoms with E-state index in [2.05, 4.69) is 5.32 Å². The third-order valence-electron chi connectivity index (χ3n) is 2.68. The second-order valence-electron chi connectivity index (χ2n) is 3.94. The summed E-state index contributed by atoms with van der Waals surface area (Å²) in [6.07, 6.45) is 0. The lowest BCUT2D eigenvalue weighted by Gasteiger charge is -2.19. The number of nitrogens with zero attached hydrogens (tertiary/aromatic N) is 1. The lowest BCUT2D eigenvalue weighted by molar-refractivity contribution is -0.119. The maximum Gasteiger partial charge on any atom is 0.229 e. The van der Waals surface area contributed by atoms with Crippen LogP contribution in [0.1, 0.15) is 6.92 Å². The predicted octanol–water partition coefficient (Wildman–Crippen LogP) is 1.42. The van der Waals surface area contributed by atoms with Crippen LogP contribution in [0.5, 0.6) is 5.75 Å². The van der Waals surface area contributed by atoms with Crippen molar-refractivity contribution in [2.75, 3.05) is 23.8 Å². The minimum absolute atomic E-state index is 0.0536. The van der Waals surface area contributed by atoms with Gasteiger partial charge in [-0.2, -0.15) is 0 Å². The van der Waals surface area contributed by atoms with Crippen LogP contribution in [0.4, 0.5) is 11.4 Å². The van der Waals surface area contributed by atoms with E-state index >= 15 is 0 Å². The molecule has 2 rings (SSSR count). The minimum Gasteiger partial charge on any atom is -0.506 e. The van der Waals surface area contributed by atoms with E-state index in [1.807, 2.05) is 24.9 Å². The molecule has 1 amide bonds. The van der Waals surface area contributed by atoms with Crippen LogP contribution in [-0.4, -0.2) is 24.6 Å². The number of hydrogen-bond donors (Lipinski definition) is 2. The third kappa shape index (κ3) is 1.63. The number of amides is 1. The van der Waals surface area contributed by atoms with E-state index in [9.17, 15) is 9.90 Å². The number of carbonyl (C=O) groups is 1. The molecule has 1 aromatic rings. The van der Waals surface area contributed by atoms with Crippen LogP contribution in [0.25, 0.3) is 0 Å². The van der Waals surface area contributed by atoms with Crippen molar-refractivity contribution in [2.45, 2.75) is 6.92 Å². The Kier molecular flexibility index (Phi) is 2.26. The van der Waals surface area contributed by atoms with Gasteiger partial charge in [0.05, 0.1) is 11.6 Å². The Morgan fingerprint density at radius 3 is 3.00 bits per heavy atom. The summed E-state index contributed by atoms with van der Waals surface area (Å²) >= 11 is 0. The highest BCUT2D eigenvalue weighted by atomic mass is 16.3. The molecule has 1 unspecified atom stereocenters. The van der Waals surface area contributed by atoms with Crippen molar-refractivity contribution in [2.24, 2.45) is 5.92 Å². The molecule has 0 saturated carbocycles. The zero-order valence-corrected chi connectivity index (χ0v) is 8.82. The summed E-state index contributed by atoms with van der Waals surface area (Å²) < 4.78 is 0. The summed E-state index contributed by atoms with van der Waals surface area (Å²) in [6, 6.07) is 5.23. The molecule has 0 bridgehead atoms. The van der Waals surface area contributed by atoms with Gasteiger partial charge >= 0.3 is 0 Å². The van der Waals surface area contributed by atoms with Crippen LogP contribution >= 0.6 is 0 Å². The van der Waals surface area contributed by atoms with Gasteiger partial charge in [-0.3, -0.25) is 4.79 Å². The fourth-order valence-electron chi connectivity index (χ4n) is 1.81. The minimum atomic E-state index is -0.0817. The summed E-state index contributed by atoms with van der Waals surface area (Å²) in [4.78, 5) is 13.6. The largest absolute Gasteiger partial charge is 0.506 e. The Balaban J connectivity index is 2.51. The molecule has 4 nitrogen and oxygen atoms in total. The van der Waals surface area contributed by atoms with Gasteiger partial charge < -0.3 is 15.3 Å². The van der Waals surface area contributed by atoms with Gasteiger partial charge in [-0.25, -0.2) is 0 Å². The summed E-state index contributed by atoms with van der Waals surface area (Å²) in [7, 11) is 1.91. The standard InChI is InChI=1S/C11H14N2O2/c1-7-6-13(2)8-4-3-5-9(14)10(8)12-11(7)15/h3-5,7,14H,6H2,1-2H3,(H,12,15). The summed E-state index contributed by atoms with van der Waals surface area (Å²) in [6.45, 7) is 2.52. The van der Waals surface area contributed by atoms with E-state index in [-0.39, 0.29) is 17.6 Å². The molecule has 1 heterocycles. The van der Waals surface area contributed by atoms with E-state index in [0.29, 0.717) is 12.2 Å². The summed E-state index contributed by atoms with van der Waals surface area (Å²) in [5, 5.41) is 12.4. The topological polar surface area (TPSA) is 52.6 Å². The quantitative estimate of drug-likeness (QED) is 0.631. The van der Waals surface area contributed by atoms with Crippen LogP contribution in [0.3, 0.4) is 0 Å². The lowest BCUT2D eigenvalue weighted by atomic mass is 10.1. The van der Waals surface area contributed by atoms with Gasteiger partial charge in [-0.05, 0) is 12.1 Å². The molecule has 0 saturated heterocycles. The molecule has 1 atom stereocenters. The number of phenolic OH excluding ortho intramolecular Hbond substituents is 1. The average Bonchev–Trinajstić information content (AvgIpc) is 2.29. The van der Waals surface area contributed by atoms with Crippen molar-refractivity contribution < 1.29 is 9.90 Å². The maximum absolute atomic E-state index is 11.6. The predicted molar refractivity (Wildman–Crippen MR) is 59.2 cm³/mol. The van der Waals surface area contributed by atoms with Gasteiger partial charge in [0.15, 0.2) is 0 Å². The number of nitrogens with one attached hydrogen (secondary N) is 1. The molecule has 0 spiro atoms. The first-order chi connectivity index (χ1) is 7.09. The molecule has 2 N–H and O–H groups in total. The summed E-state index contributed by atoms with van der Waals surface area (Å²) in [5.41, 5.74) is 1.36. The molecule has 0 radical (unpaired) electrons. The van der Waals surface area contributed by atoms with Crippen LogP contribution in [0.15, 0.2) is 18.2 Å². The molecule has 0 fully saturated rings. The normalized spacial score (nSPS) is 20.5. The van der Waals surface area contributed by atoms with Gasteiger partial charge in [0.25, 0.3) is 0 Å². The molecule has 4 heteroatoms. The highest BCUT2D eigenvalue weighted by Gasteiger charge is 2.24. The van der Waals surface area contributed by atoms with Crippen molar-refractivity contribution in [1.82, 2.24) is 0 Å². The molecule has 15 heavy (non-hydrogen) atoms. The van der Waals surface area contributed by atoms with E-state index in [4.69, 9.17) is 0 Å². The molecular weight excluding hydrogens is 192 g/mol. The molecule has 1 aliphatic rings. The average molecular weight is 206 g/mol. The van der Waals surface area contributed by atoms with Gasteiger partial charge in [0.2, 0.25) is 5.91 Å². The number of hydrogen-bond acceptors (Lipinski definition) is 3. The van der Waals surface area contributed by atoms with Crippen molar-refractivity contribution in [3.8, 4) is 5.75 Å². The molecule has 80 valence electrons. The third-order valence-corrected chi connectivity index (χ3v) is 2.68. The van der Waals surface area contributed by atoms with Crippen molar-refractivity contribution in [3.05, 3.63) is 18.2 Å². The van der Waals surface area contributed by atoms with Crippen molar-refractivity contribution in [1.29, 1.82) is 0 Å². The Labute approximate surface area is 88.5 Å². The number of para-hydroxylation sites is 1. The second kappa shape index (κ2) is 3.46. The van der Waals surface area contributed by atoms with Crippen LogP contribution in [0.2, 0.25) is 0 Å². The number of carbonyl (C=O) groups excluding carboxylic acids is 1. The molecular formula is C11H14N2O2. The van der Waals surface area contributed by atoms with Gasteiger partial charge in [0.1, 0.15) is 11.4 Å². The van der Waals surface area contributed by atoms with Crippen molar-refractivity contribution >= 4 is 17.3 Å². The van der Waals surface area contributed by atoms with Gasteiger partial charge in [-0.1, -0.05) is 13.0 Å². The van der Waals surface area contributed by atoms with Crippen LogP contribution in [-0.2, 0) is 4.79 Å². The zero-order chi connectivity index (χ0) is 11.0. The number of aromatic hydroxyl groups is 1. The number of benzene rings is 1. The Bertz CT molecular complexity index is 404. The number of phenols is 1. The molecule has 1 aliphatic heterocycles. The zero-order valence-electron chi connectivity index (χ0n) is 8.82. The smallest absolute Gasteiger partial charge is 0.229 e. The molecule has 0 aliphatic carbocycles. The number of rotatable bonds is 0. The monoisotopic (exact) mass is 206 g/mol.